The van der Waals surface area contributed by atoms with Crippen molar-refractivity contribution in [2.24, 2.45) is 0 Å². The van der Waals surface area contributed by atoms with E-state index in [-0.39, 0.29) is 31.1 Å². The third-order valence-corrected chi connectivity index (χ3v) is 14.5. The molecule has 6 heteroatoms. The zero-order valence-corrected chi connectivity index (χ0v) is 48.0. The number of allylic oxidation sites excluding steroid dienone is 4. The van der Waals surface area contributed by atoms with Gasteiger partial charge >= 0.3 is 17.9 Å². The standard InChI is InChI=1S/C65H122O6/c1-4-7-10-13-16-18-20-22-24-26-27-28-29-30-31-32-33-34-35-36-37-38-39-40-42-43-45-47-49-52-55-58-64(67)70-61-62(60-69-63(66)57-54-51-15-12-9-6-3)71-65(68)59-56-53-50-48-46-44-41-25-23-21-19-17-14-11-8-5-2/h20,22,26-27,62H,4-19,21,23-25,28-61H2,1-3H3/b22-20-,27-26-. The summed E-state index contributed by atoms with van der Waals surface area (Å²) < 4.78 is 16.8. The van der Waals surface area contributed by atoms with Crippen LogP contribution in [0.25, 0.3) is 0 Å². The lowest BCUT2D eigenvalue weighted by atomic mass is 10.0. The summed E-state index contributed by atoms with van der Waals surface area (Å²) in [5.41, 5.74) is 0. The number of carbonyl (C=O) groups excluding carboxylic acids is 3. The second-order valence-corrected chi connectivity index (χ2v) is 21.7. The second-order valence-electron chi connectivity index (χ2n) is 21.7. The average Bonchev–Trinajstić information content (AvgIpc) is 3.37. The van der Waals surface area contributed by atoms with Gasteiger partial charge in [-0.1, -0.05) is 308 Å². The van der Waals surface area contributed by atoms with Gasteiger partial charge < -0.3 is 14.2 Å². The van der Waals surface area contributed by atoms with Crippen molar-refractivity contribution >= 4 is 17.9 Å². The van der Waals surface area contributed by atoms with E-state index >= 15 is 0 Å². The molecule has 0 saturated heterocycles. The van der Waals surface area contributed by atoms with Crippen LogP contribution in [0.1, 0.15) is 355 Å². The molecule has 1 atom stereocenters. The number of hydrogen-bond acceptors (Lipinski definition) is 6. The van der Waals surface area contributed by atoms with Crippen LogP contribution < -0.4 is 0 Å². The van der Waals surface area contributed by atoms with Crippen LogP contribution in [0.15, 0.2) is 24.3 Å². The molecular formula is C65H122O6. The Morgan fingerprint density at radius 2 is 0.507 bits per heavy atom. The maximum Gasteiger partial charge on any atom is 0.306 e. The molecule has 0 heterocycles. The lowest BCUT2D eigenvalue weighted by Crippen LogP contribution is -2.30. The molecule has 6 nitrogen and oxygen atoms in total. The molecule has 0 saturated carbocycles. The second kappa shape index (κ2) is 60.4. The zero-order chi connectivity index (χ0) is 51.4. The molecule has 0 aliphatic heterocycles. The van der Waals surface area contributed by atoms with E-state index in [0.29, 0.717) is 19.3 Å². The molecule has 0 spiro atoms. The topological polar surface area (TPSA) is 78.9 Å². The lowest BCUT2D eigenvalue weighted by Gasteiger charge is -2.18. The molecule has 418 valence electrons. The first kappa shape index (κ1) is 68.9. The Bertz CT molecular complexity index is 1150. The highest BCUT2D eigenvalue weighted by atomic mass is 16.6. The molecule has 0 aromatic rings. The van der Waals surface area contributed by atoms with Crippen LogP contribution in [0.2, 0.25) is 0 Å². The van der Waals surface area contributed by atoms with Crippen molar-refractivity contribution in [1.82, 2.24) is 0 Å². The molecule has 0 radical (unpaired) electrons. The van der Waals surface area contributed by atoms with E-state index in [2.05, 4.69) is 45.1 Å². The Hall–Kier alpha value is -2.11. The summed E-state index contributed by atoms with van der Waals surface area (Å²) in [7, 11) is 0. The monoisotopic (exact) mass is 999 g/mol. The lowest BCUT2D eigenvalue weighted by molar-refractivity contribution is -0.167. The number of carbonyl (C=O) groups is 3. The first-order chi connectivity index (χ1) is 35.0. The molecule has 0 amide bonds. The summed E-state index contributed by atoms with van der Waals surface area (Å²) in [5.74, 6) is -0.851. The molecule has 0 aromatic heterocycles. The van der Waals surface area contributed by atoms with Crippen molar-refractivity contribution in [2.45, 2.75) is 361 Å². The summed E-state index contributed by atoms with van der Waals surface area (Å²) in [5, 5.41) is 0. The molecule has 0 fully saturated rings. The number of rotatable bonds is 59. The average molecular weight is 1000 g/mol. The maximum absolute atomic E-state index is 12.8. The number of esters is 3. The molecule has 0 bridgehead atoms. The van der Waals surface area contributed by atoms with E-state index in [0.717, 1.165) is 64.2 Å². The van der Waals surface area contributed by atoms with Crippen molar-refractivity contribution in [3.05, 3.63) is 24.3 Å². The van der Waals surface area contributed by atoms with Gasteiger partial charge in [-0.3, -0.25) is 14.4 Å². The molecule has 0 aliphatic rings. The van der Waals surface area contributed by atoms with E-state index in [4.69, 9.17) is 14.2 Å². The van der Waals surface area contributed by atoms with Crippen LogP contribution >= 0.6 is 0 Å². The predicted molar refractivity (Wildman–Crippen MR) is 307 cm³/mol. The first-order valence-corrected chi connectivity index (χ1v) is 31.8. The van der Waals surface area contributed by atoms with Gasteiger partial charge in [-0.15, -0.1) is 0 Å². The highest BCUT2D eigenvalue weighted by Crippen LogP contribution is 2.18. The van der Waals surface area contributed by atoms with Crippen LogP contribution in [0.3, 0.4) is 0 Å². The smallest absolute Gasteiger partial charge is 0.306 e. The van der Waals surface area contributed by atoms with E-state index < -0.39 is 6.10 Å². The largest absolute Gasteiger partial charge is 0.462 e. The summed E-state index contributed by atoms with van der Waals surface area (Å²) in [4.78, 5) is 37.9. The quantitative estimate of drug-likeness (QED) is 0.0261. The van der Waals surface area contributed by atoms with Crippen LogP contribution in [-0.2, 0) is 28.6 Å². The van der Waals surface area contributed by atoms with Gasteiger partial charge in [0.05, 0.1) is 0 Å². The highest BCUT2D eigenvalue weighted by Gasteiger charge is 2.19. The van der Waals surface area contributed by atoms with Crippen LogP contribution in [0.4, 0.5) is 0 Å². The fourth-order valence-corrected chi connectivity index (χ4v) is 9.65. The van der Waals surface area contributed by atoms with Gasteiger partial charge in [0.2, 0.25) is 0 Å². The number of unbranched alkanes of at least 4 members (excludes halogenated alkanes) is 44. The first-order valence-electron chi connectivity index (χ1n) is 31.8. The van der Waals surface area contributed by atoms with Crippen molar-refractivity contribution in [2.75, 3.05) is 13.2 Å². The SMILES string of the molecule is CCCCCCC/C=C\C/C=C\CCCCCCCCCCCCCCCCCCCCCC(=O)OCC(COC(=O)CCCCCCCC)OC(=O)CCCCCCCCCCCCCCCCCC. The highest BCUT2D eigenvalue weighted by molar-refractivity contribution is 5.71. The maximum atomic E-state index is 12.8. The molecule has 0 aliphatic carbocycles. The fourth-order valence-electron chi connectivity index (χ4n) is 9.65. The van der Waals surface area contributed by atoms with Gasteiger partial charge in [0.1, 0.15) is 13.2 Å². The molecule has 71 heavy (non-hydrogen) atoms. The minimum absolute atomic E-state index is 0.0648. The van der Waals surface area contributed by atoms with E-state index in [1.807, 2.05) is 0 Å². The molecule has 0 N–H and O–H groups in total. The third kappa shape index (κ3) is 58.7. The third-order valence-electron chi connectivity index (χ3n) is 14.5. The van der Waals surface area contributed by atoms with Crippen LogP contribution in [-0.4, -0.2) is 37.2 Å². The van der Waals surface area contributed by atoms with Gasteiger partial charge in [-0.05, 0) is 51.4 Å². The summed E-state index contributed by atoms with van der Waals surface area (Å²) in [6.45, 7) is 6.63. The van der Waals surface area contributed by atoms with Crippen molar-refractivity contribution < 1.29 is 28.6 Å². The van der Waals surface area contributed by atoms with Crippen LogP contribution in [0.5, 0.6) is 0 Å². The molecule has 0 aromatic carbocycles. The van der Waals surface area contributed by atoms with Crippen molar-refractivity contribution in [3.8, 4) is 0 Å². The molecule has 1 unspecified atom stereocenters. The van der Waals surface area contributed by atoms with E-state index in [1.54, 1.807) is 0 Å². The van der Waals surface area contributed by atoms with E-state index in [9.17, 15) is 14.4 Å². The minimum Gasteiger partial charge on any atom is -0.462 e. The number of ether oxygens (including phenoxy) is 3. The van der Waals surface area contributed by atoms with Crippen molar-refractivity contribution in [3.63, 3.8) is 0 Å². The van der Waals surface area contributed by atoms with Gasteiger partial charge in [0.25, 0.3) is 0 Å². The fraction of sp³-hybridized carbons (Fsp3) is 0.892. The Kier molecular flexibility index (Phi) is 58.6. The Balaban J connectivity index is 3.94. The number of hydrogen-bond donors (Lipinski definition) is 0. The van der Waals surface area contributed by atoms with Gasteiger partial charge in [-0.25, -0.2) is 0 Å². The summed E-state index contributed by atoms with van der Waals surface area (Å²) in [6.07, 6.45) is 72.3. The Morgan fingerprint density at radius 1 is 0.282 bits per heavy atom. The summed E-state index contributed by atoms with van der Waals surface area (Å²) in [6, 6.07) is 0. The normalized spacial score (nSPS) is 12.1. The minimum atomic E-state index is -0.762. The molecule has 0 rings (SSSR count). The van der Waals surface area contributed by atoms with Crippen molar-refractivity contribution in [1.29, 1.82) is 0 Å². The summed E-state index contributed by atoms with van der Waals surface area (Å²) >= 11 is 0. The van der Waals surface area contributed by atoms with Gasteiger partial charge in [0, 0.05) is 19.3 Å². The zero-order valence-electron chi connectivity index (χ0n) is 48.0. The van der Waals surface area contributed by atoms with Crippen LogP contribution in [0, 0.1) is 0 Å². The van der Waals surface area contributed by atoms with Gasteiger partial charge in [-0.2, -0.15) is 0 Å². The Morgan fingerprint density at radius 3 is 0.775 bits per heavy atom. The Labute approximate surface area is 443 Å². The predicted octanol–water partition coefficient (Wildman–Crippen LogP) is 21.4. The van der Waals surface area contributed by atoms with Gasteiger partial charge in [0.15, 0.2) is 6.10 Å². The van der Waals surface area contributed by atoms with E-state index in [1.165, 1.54) is 250 Å². The molecular weight excluding hydrogens is 877 g/mol.